The summed E-state index contributed by atoms with van der Waals surface area (Å²) in [7, 11) is 0. The Labute approximate surface area is 197 Å². The van der Waals surface area contributed by atoms with Gasteiger partial charge in [-0.05, 0) is 30.7 Å². The molecule has 0 amide bonds. The summed E-state index contributed by atoms with van der Waals surface area (Å²) in [6.07, 6.45) is 11.8. The number of nitrogens with zero attached hydrogens (tertiary/aromatic N) is 4. The first kappa shape index (κ1) is 23.2. The van der Waals surface area contributed by atoms with Crippen LogP contribution in [0.5, 0.6) is 0 Å². The molecule has 0 atom stereocenters. The summed E-state index contributed by atoms with van der Waals surface area (Å²) in [5.41, 5.74) is 2.64. The zero-order valence-electron chi connectivity index (χ0n) is 17.8. The van der Waals surface area contributed by atoms with Crippen LogP contribution in [0.4, 0.5) is 0 Å². The molecule has 29 heavy (non-hydrogen) atoms. The molecular formula is C23H34ClN4Tl. The van der Waals surface area contributed by atoms with Gasteiger partial charge in [0, 0.05) is 11.6 Å². The van der Waals surface area contributed by atoms with Gasteiger partial charge in [0.2, 0.25) is 0 Å². The second kappa shape index (κ2) is 12.4. The predicted octanol–water partition coefficient (Wildman–Crippen LogP) is 4.42. The van der Waals surface area contributed by atoms with E-state index in [1.54, 1.807) is 0 Å². The maximum atomic E-state index is 6.04. The van der Waals surface area contributed by atoms with Gasteiger partial charge in [0.25, 0.3) is 0 Å². The number of halogens is 1. The Morgan fingerprint density at radius 3 is 2.59 bits per heavy atom. The van der Waals surface area contributed by atoms with Crippen LogP contribution in [-0.2, 0) is 13.0 Å². The second-order valence-corrected chi connectivity index (χ2v) is 11.2. The number of benzene rings is 1. The fourth-order valence-electron chi connectivity index (χ4n) is 4.31. The molecule has 0 saturated carbocycles. The minimum absolute atomic E-state index is 0.824. The fourth-order valence-corrected chi connectivity index (χ4v) is 5.36. The number of aromatic nitrogens is 2. The Morgan fingerprint density at radius 2 is 1.93 bits per heavy atom. The van der Waals surface area contributed by atoms with Crippen LogP contribution in [0.2, 0.25) is 5.02 Å². The van der Waals surface area contributed by atoms with Gasteiger partial charge in [0.1, 0.15) is 0 Å². The van der Waals surface area contributed by atoms with Crippen molar-refractivity contribution in [2.45, 2.75) is 52.0 Å². The first-order valence-electron chi connectivity index (χ1n) is 11.1. The van der Waals surface area contributed by atoms with E-state index in [-0.39, 0.29) is 0 Å². The number of likely N-dealkylation sites (tertiary alicyclic amines) is 1. The van der Waals surface area contributed by atoms with Gasteiger partial charge in [0.15, 0.2) is 0 Å². The average molecular weight is 606 g/mol. The van der Waals surface area contributed by atoms with Crippen molar-refractivity contribution >= 4 is 37.7 Å². The number of rotatable bonds is 11. The summed E-state index contributed by atoms with van der Waals surface area (Å²) in [4.78, 5) is 9.78. The van der Waals surface area contributed by atoms with Crippen LogP contribution in [0.3, 0.4) is 0 Å². The second-order valence-electron chi connectivity index (χ2n) is 8.42. The molecule has 3 rings (SSSR count). The van der Waals surface area contributed by atoms with E-state index in [9.17, 15) is 0 Å². The van der Waals surface area contributed by atoms with Crippen LogP contribution in [0.25, 0.3) is 0 Å². The summed E-state index contributed by atoms with van der Waals surface area (Å²) < 4.78 is 2.20. The Hall–Kier alpha value is -0.438. The summed E-state index contributed by atoms with van der Waals surface area (Å²) in [6.45, 7) is 9.52. The third kappa shape index (κ3) is 8.31. The van der Waals surface area contributed by atoms with Crippen molar-refractivity contribution in [3.8, 4) is 0 Å². The van der Waals surface area contributed by atoms with Crippen molar-refractivity contribution in [2.24, 2.45) is 5.92 Å². The van der Waals surface area contributed by atoms with Crippen LogP contribution in [0.15, 0.2) is 36.8 Å². The van der Waals surface area contributed by atoms with Gasteiger partial charge in [-0.15, -0.1) is 0 Å². The summed E-state index contributed by atoms with van der Waals surface area (Å²) >= 11 is 6.87. The molecule has 1 aromatic carbocycles. The predicted molar refractivity (Wildman–Crippen MR) is 123 cm³/mol. The molecule has 1 saturated heterocycles. The number of aryl methyl sites for hydroxylation is 1. The monoisotopic (exact) mass is 606 g/mol. The van der Waals surface area contributed by atoms with E-state index >= 15 is 0 Å². The first-order valence-corrected chi connectivity index (χ1v) is 13.5. The van der Waals surface area contributed by atoms with Gasteiger partial charge in [-0.2, -0.15) is 0 Å². The van der Waals surface area contributed by atoms with E-state index in [0.29, 0.717) is 0 Å². The first-order chi connectivity index (χ1) is 14.1. The molecule has 156 valence electrons. The maximum absolute atomic E-state index is 6.04. The van der Waals surface area contributed by atoms with Gasteiger partial charge in [0.05, 0.1) is 0 Å². The van der Waals surface area contributed by atoms with Gasteiger partial charge in [-0.25, -0.2) is 0 Å². The van der Waals surface area contributed by atoms with E-state index in [4.69, 9.17) is 11.6 Å². The molecule has 2 aromatic rings. The number of hydrogen-bond acceptors (Lipinski definition) is 3. The van der Waals surface area contributed by atoms with Gasteiger partial charge >= 0.3 is 121 Å². The van der Waals surface area contributed by atoms with E-state index in [2.05, 4.69) is 42.4 Å². The summed E-state index contributed by atoms with van der Waals surface area (Å²) in [6, 6.07) is 8.35. The number of hydrogen-bond donors (Lipinski definition) is 0. The van der Waals surface area contributed by atoms with Gasteiger partial charge in [-0.1, -0.05) is 30.7 Å². The minimum atomic E-state index is 0.824. The van der Waals surface area contributed by atoms with Crippen molar-refractivity contribution in [3.63, 3.8) is 0 Å². The molecule has 6 heteroatoms. The Bertz CT molecular complexity index is 710. The summed E-state index contributed by atoms with van der Waals surface area (Å²) in [5, 5.41) is 0.824. The zero-order chi connectivity index (χ0) is 20.5. The van der Waals surface area contributed by atoms with Crippen LogP contribution in [0, 0.1) is 5.92 Å². The van der Waals surface area contributed by atoms with Crippen LogP contribution < -0.4 is 0 Å². The molecule has 0 bridgehead atoms. The quantitative estimate of drug-likeness (QED) is 0.280. The van der Waals surface area contributed by atoms with Crippen LogP contribution in [0.1, 0.15) is 50.3 Å². The normalized spacial score (nSPS) is 15.9. The zero-order valence-corrected chi connectivity index (χ0v) is 23.0. The molecule has 0 radical (unpaired) electrons. The van der Waals surface area contributed by atoms with Crippen molar-refractivity contribution in [1.82, 2.24) is 17.2 Å². The standard InChI is InChI=1S/C23H34ClN4.Tl/c1-2-12-28(17-20-6-8-22(24)9-7-20)18-21-10-14-27(15-11-21)13-4-3-5-23-16-25-19-26-23;/h6-9,16,19,21H,2-5,10-15,17-18H2,1H3;/q-1;+1. The number of piperidine rings is 1. The Balaban J connectivity index is 1.34. The molecule has 0 N–H and O–H groups in total. The average Bonchev–Trinajstić information content (AvgIpc) is 3.13. The topological polar surface area (TPSA) is 24.3 Å². The van der Waals surface area contributed by atoms with Crippen molar-refractivity contribution in [2.75, 3.05) is 32.7 Å². The van der Waals surface area contributed by atoms with Crippen molar-refractivity contribution in [3.05, 3.63) is 53.1 Å². The molecular weight excluding hydrogens is 572 g/mol. The summed E-state index contributed by atoms with van der Waals surface area (Å²) in [5.74, 6) is 0.837. The molecule has 1 aliphatic heterocycles. The Morgan fingerprint density at radius 1 is 1.17 bits per heavy atom. The van der Waals surface area contributed by atoms with Crippen LogP contribution in [-0.4, -0.2) is 75.9 Å². The molecule has 0 aliphatic carbocycles. The van der Waals surface area contributed by atoms with Crippen LogP contribution >= 0.6 is 11.6 Å². The SMILES string of the molecule is CCCN(Cc1ccc(Cl)cc1)CC1CCN(CCCCc2c[n]([Tl])cn2)CC1. The Kier molecular flexibility index (Phi) is 9.95. The van der Waals surface area contributed by atoms with Crippen molar-refractivity contribution in [1.29, 1.82) is 0 Å². The van der Waals surface area contributed by atoms with E-state index in [0.717, 1.165) is 50.0 Å². The van der Waals surface area contributed by atoms with E-state index < -0.39 is 0 Å². The fraction of sp³-hybridized carbons (Fsp3) is 0.609. The molecule has 1 aliphatic rings. The van der Waals surface area contributed by atoms with E-state index in [1.807, 2.05) is 18.5 Å². The molecule has 4 nitrogen and oxygen atoms in total. The molecule has 1 fully saturated rings. The molecule has 0 spiro atoms. The van der Waals surface area contributed by atoms with Gasteiger partial charge in [-0.3, -0.25) is 4.90 Å². The molecule has 0 unspecified atom stereocenters. The number of imidazole rings is 1. The third-order valence-electron chi connectivity index (χ3n) is 5.90. The molecule has 1 aromatic heterocycles. The third-order valence-corrected chi connectivity index (χ3v) is 7.24. The van der Waals surface area contributed by atoms with E-state index in [1.165, 1.54) is 76.1 Å². The number of unbranched alkanes of at least 4 members (excludes halogenated alkanes) is 1. The molecule has 2 heterocycles. The van der Waals surface area contributed by atoms with Gasteiger partial charge < -0.3 is 0 Å². The van der Waals surface area contributed by atoms with Crippen molar-refractivity contribution < 1.29 is 0 Å².